The number of amides is 1. The second-order valence-electron chi connectivity index (χ2n) is 4.46. The minimum absolute atomic E-state index is 0.129. The van der Waals surface area contributed by atoms with Gasteiger partial charge in [-0.1, -0.05) is 0 Å². The van der Waals surface area contributed by atoms with E-state index >= 15 is 0 Å². The van der Waals surface area contributed by atoms with Gasteiger partial charge in [0.1, 0.15) is 15.8 Å². The van der Waals surface area contributed by atoms with E-state index < -0.39 is 22.0 Å². The van der Waals surface area contributed by atoms with Crippen LogP contribution in [0, 0.1) is 6.92 Å². The topological polar surface area (TPSA) is 104 Å². The number of carboxylic acid groups (broad SMARTS) is 1. The highest BCUT2D eigenvalue weighted by molar-refractivity contribution is 7.89. The largest absolute Gasteiger partial charge is 0.477 e. The number of nitrogens with zero attached hydrogens (tertiary/aromatic N) is 1. The summed E-state index contributed by atoms with van der Waals surface area (Å²) in [5.74, 6) is -1.67. The molecule has 0 radical (unpaired) electrons. The van der Waals surface area contributed by atoms with E-state index in [-0.39, 0.29) is 28.8 Å². The van der Waals surface area contributed by atoms with Gasteiger partial charge < -0.3 is 10.4 Å². The number of carbonyl (C=O) groups excluding carboxylic acids is 1. The summed E-state index contributed by atoms with van der Waals surface area (Å²) >= 11 is 0.871. The summed E-state index contributed by atoms with van der Waals surface area (Å²) in [7, 11) is -4.01. The van der Waals surface area contributed by atoms with Gasteiger partial charge in [-0.3, -0.25) is 4.79 Å². The average molecular weight is 318 g/mol. The molecule has 2 rings (SSSR count). The minimum atomic E-state index is -4.01. The van der Waals surface area contributed by atoms with Gasteiger partial charge in [0.2, 0.25) is 15.9 Å². The van der Waals surface area contributed by atoms with Crippen molar-refractivity contribution in [3.05, 3.63) is 15.8 Å². The maximum absolute atomic E-state index is 12.6. The smallest absolute Gasteiger partial charge is 0.347 e. The number of nitrogens with one attached hydrogen (secondary N) is 1. The van der Waals surface area contributed by atoms with Crippen LogP contribution in [0.5, 0.6) is 0 Å². The Hall–Kier alpha value is -1.45. The lowest BCUT2D eigenvalue weighted by Gasteiger charge is -2.31. The van der Waals surface area contributed by atoms with Crippen LogP contribution in [0.2, 0.25) is 0 Å². The molecule has 7 nitrogen and oxygen atoms in total. The number of aromatic carboxylic acids is 1. The molecule has 2 heterocycles. The molecule has 0 bridgehead atoms. The molecular weight excluding hydrogens is 304 g/mol. The summed E-state index contributed by atoms with van der Waals surface area (Å²) < 4.78 is 26.3. The van der Waals surface area contributed by atoms with E-state index in [9.17, 15) is 18.0 Å². The van der Waals surface area contributed by atoms with E-state index in [1.54, 1.807) is 6.92 Å². The highest BCUT2D eigenvalue weighted by Gasteiger charge is 2.39. The molecule has 1 aromatic rings. The van der Waals surface area contributed by atoms with Crippen molar-refractivity contribution in [3.8, 4) is 0 Å². The molecule has 1 aliphatic heterocycles. The van der Waals surface area contributed by atoms with Crippen molar-refractivity contribution in [2.45, 2.75) is 24.8 Å². The van der Waals surface area contributed by atoms with Gasteiger partial charge in [0.15, 0.2) is 0 Å². The van der Waals surface area contributed by atoms with Crippen LogP contribution in [0.3, 0.4) is 0 Å². The maximum atomic E-state index is 12.6. The van der Waals surface area contributed by atoms with Gasteiger partial charge in [-0.05, 0) is 24.8 Å². The number of carbonyl (C=O) groups is 2. The van der Waals surface area contributed by atoms with E-state index in [1.807, 2.05) is 0 Å². The first-order valence-corrected chi connectivity index (χ1v) is 8.19. The molecule has 110 valence electrons. The molecule has 1 amide bonds. The van der Waals surface area contributed by atoms with Gasteiger partial charge in [0.05, 0.1) is 0 Å². The van der Waals surface area contributed by atoms with Crippen molar-refractivity contribution < 1.29 is 23.1 Å². The summed E-state index contributed by atoms with van der Waals surface area (Å²) in [6, 6.07) is -0.852. The Kier molecular flexibility index (Phi) is 3.85. The van der Waals surface area contributed by atoms with E-state index in [2.05, 4.69) is 5.32 Å². The number of hydrogen-bond acceptors (Lipinski definition) is 5. The summed E-state index contributed by atoms with van der Waals surface area (Å²) in [6.07, 6.45) is 0. The van der Waals surface area contributed by atoms with Gasteiger partial charge in [-0.25, -0.2) is 13.2 Å². The van der Waals surface area contributed by atoms with Crippen LogP contribution in [-0.2, 0) is 14.8 Å². The van der Waals surface area contributed by atoms with Crippen molar-refractivity contribution in [1.29, 1.82) is 0 Å². The molecule has 1 saturated heterocycles. The zero-order chi connectivity index (χ0) is 15.1. The molecule has 1 atom stereocenters. The predicted molar refractivity (Wildman–Crippen MR) is 72.4 cm³/mol. The number of sulfonamides is 1. The van der Waals surface area contributed by atoms with Crippen LogP contribution in [0.25, 0.3) is 0 Å². The molecule has 9 heteroatoms. The van der Waals surface area contributed by atoms with Crippen molar-refractivity contribution in [1.82, 2.24) is 9.62 Å². The highest BCUT2D eigenvalue weighted by Crippen LogP contribution is 2.30. The van der Waals surface area contributed by atoms with Crippen LogP contribution in [0.15, 0.2) is 10.3 Å². The zero-order valence-corrected chi connectivity index (χ0v) is 12.5. The lowest BCUT2D eigenvalue weighted by atomic mass is 10.2. The van der Waals surface area contributed by atoms with Crippen LogP contribution < -0.4 is 5.32 Å². The fraction of sp³-hybridized carbons (Fsp3) is 0.455. The third-order valence-electron chi connectivity index (χ3n) is 3.12. The standard InChI is InChI=1S/C11H14N2O5S2/c1-6-5-19-8(11(15)16)9(6)20(17,18)13-4-3-12-10(14)7(13)2/h5,7H,3-4H2,1-2H3,(H,12,14)(H,15,16). The second-order valence-corrected chi connectivity index (χ2v) is 7.17. The lowest BCUT2D eigenvalue weighted by Crippen LogP contribution is -2.55. The van der Waals surface area contributed by atoms with Gasteiger partial charge in [-0.2, -0.15) is 4.31 Å². The molecule has 0 saturated carbocycles. The monoisotopic (exact) mass is 318 g/mol. The molecular formula is C11H14N2O5S2. The third-order valence-corrected chi connectivity index (χ3v) is 6.50. The highest BCUT2D eigenvalue weighted by atomic mass is 32.2. The molecule has 1 unspecified atom stereocenters. The Morgan fingerprint density at radius 2 is 2.20 bits per heavy atom. The predicted octanol–water partition coefficient (Wildman–Crippen LogP) is 0.264. The number of hydrogen-bond donors (Lipinski definition) is 2. The van der Waals surface area contributed by atoms with Crippen molar-refractivity contribution in [2.24, 2.45) is 0 Å². The quantitative estimate of drug-likeness (QED) is 0.832. The van der Waals surface area contributed by atoms with Crippen molar-refractivity contribution in [2.75, 3.05) is 13.1 Å². The fourth-order valence-electron chi connectivity index (χ4n) is 2.11. The Morgan fingerprint density at radius 1 is 1.55 bits per heavy atom. The normalized spacial score (nSPS) is 20.7. The van der Waals surface area contributed by atoms with Crippen LogP contribution in [0.4, 0.5) is 0 Å². The number of rotatable bonds is 3. The van der Waals surface area contributed by atoms with Gasteiger partial charge in [0.25, 0.3) is 0 Å². The van der Waals surface area contributed by atoms with E-state index in [1.165, 1.54) is 12.3 Å². The molecule has 2 N–H and O–H groups in total. The summed E-state index contributed by atoms with van der Waals surface area (Å²) in [5.41, 5.74) is 0.380. The zero-order valence-electron chi connectivity index (χ0n) is 10.9. The average Bonchev–Trinajstić information content (AvgIpc) is 2.75. The molecule has 0 aromatic carbocycles. The summed E-state index contributed by atoms with van der Waals surface area (Å²) in [6.45, 7) is 3.37. The maximum Gasteiger partial charge on any atom is 0.347 e. The first-order chi connectivity index (χ1) is 9.26. The number of piperazine rings is 1. The molecule has 0 spiro atoms. The van der Waals surface area contributed by atoms with Gasteiger partial charge >= 0.3 is 5.97 Å². The Labute approximate surface area is 120 Å². The Balaban J connectivity index is 2.53. The van der Waals surface area contributed by atoms with Crippen molar-refractivity contribution >= 4 is 33.2 Å². The van der Waals surface area contributed by atoms with E-state index in [0.717, 1.165) is 15.6 Å². The van der Waals surface area contributed by atoms with Crippen LogP contribution >= 0.6 is 11.3 Å². The minimum Gasteiger partial charge on any atom is -0.477 e. The van der Waals surface area contributed by atoms with E-state index in [0.29, 0.717) is 5.56 Å². The first kappa shape index (κ1) is 14.9. The molecule has 1 aliphatic rings. The van der Waals surface area contributed by atoms with Gasteiger partial charge in [0, 0.05) is 13.1 Å². The molecule has 20 heavy (non-hydrogen) atoms. The molecule has 1 fully saturated rings. The first-order valence-electron chi connectivity index (χ1n) is 5.87. The van der Waals surface area contributed by atoms with Gasteiger partial charge in [-0.15, -0.1) is 11.3 Å². The van der Waals surface area contributed by atoms with Crippen LogP contribution in [0.1, 0.15) is 22.2 Å². The molecule has 1 aromatic heterocycles. The fourth-order valence-corrected chi connectivity index (χ4v) is 5.29. The van der Waals surface area contributed by atoms with Crippen LogP contribution in [-0.4, -0.2) is 48.8 Å². The Morgan fingerprint density at radius 3 is 2.80 bits per heavy atom. The van der Waals surface area contributed by atoms with E-state index in [4.69, 9.17) is 5.11 Å². The number of carboxylic acids is 1. The Bertz CT molecular complexity index is 664. The second kappa shape index (κ2) is 5.15. The third kappa shape index (κ3) is 2.32. The SMILES string of the molecule is Cc1csc(C(=O)O)c1S(=O)(=O)N1CCNC(=O)C1C. The summed E-state index contributed by atoms with van der Waals surface area (Å²) in [4.78, 5) is 22.3. The number of aryl methyl sites for hydroxylation is 1. The number of thiophene rings is 1. The van der Waals surface area contributed by atoms with Crippen molar-refractivity contribution in [3.63, 3.8) is 0 Å². The summed E-state index contributed by atoms with van der Waals surface area (Å²) in [5, 5.41) is 13.2. The molecule has 0 aliphatic carbocycles. The lowest BCUT2D eigenvalue weighted by molar-refractivity contribution is -0.126.